The Balaban J connectivity index is 1.67. The fraction of sp³-hybridized carbons (Fsp3) is 0.318. The second-order valence-electron chi connectivity index (χ2n) is 7.56. The number of aromatic nitrogens is 2. The average Bonchev–Trinajstić information content (AvgIpc) is 3.09. The molecule has 1 saturated heterocycles. The number of carbonyl (C=O) groups is 2. The Morgan fingerprint density at radius 3 is 2.68 bits per heavy atom. The summed E-state index contributed by atoms with van der Waals surface area (Å²) >= 11 is 0. The van der Waals surface area contributed by atoms with E-state index in [1.807, 2.05) is 54.3 Å². The Hall–Kier alpha value is -3.15. The van der Waals surface area contributed by atoms with E-state index in [0.29, 0.717) is 22.9 Å². The smallest absolute Gasteiger partial charge is 0.290 e. The van der Waals surface area contributed by atoms with Crippen LogP contribution in [0.15, 0.2) is 48.7 Å². The van der Waals surface area contributed by atoms with E-state index >= 15 is 0 Å². The molecule has 4 rings (SSSR count). The van der Waals surface area contributed by atoms with Crippen LogP contribution in [-0.2, 0) is 0 Å². The van der Waals surface area contributed by atoms with Crippen molar-refractivity contribution in [2.45, 2.75) is 26.7 Å². The lowest BCUT2D eigenvalue weighted by molar-refractivity contribution is 0.0670. The molecule has 28 heavy (non-hydrogen) atoms. The van der Waals surface area contributed by atoms with Gasteiger partial charge >= 0.3 is 0 Å². The van der Waals surface area contributed by atoms with Gasteiger partial charge in [0.2, 0.25) is 5.82 Å². The zero-order chi connectivity index (χ0) is 19.7. The number of nitrogens with one attached hydrogen (secondary N) is 1. The predicted molar refractivity (Wildman–Crippen MR) is 109 cm³/mol. The van der Waals surface area contributed by atoms with E-state index in [1.54, 1.807) is 10.6 Å². The molecule has 1 aliphatic rings. The molecule has 144 valence electrons. The summed E-state index contributed by atoms with van der Waals surface area (Å²) in [5, 5.41) is 2.88. The number of imidazole rings is 1. The second kappa shape index (κ2) is 7.46. The van der Waals surface area contributed by atoms with Crippen LogP contribution in [-0.4, -0.2) is 39.2 Å². The molecule has 0 bridgehead atoms. The molecule has 1 aliphatic heterocycles. The van der Waals surface area contributed by atoms with Crippen LogP contribution in [0, 0.1) is 12.8 Å². The van der Waals surface area contributed by atoms with Crippen molar-refractivity contribution in [3.8, 4) is 0 Å². The summed E-state index contributed by atoms with van der Waals surface area (Å²) in [6, 6.07) is 13.1. The van der Waals surface area contributed by atoms with Crippen molar-refractivity contribution >= 4 is 23.0 Å². The standard InChI is InChI=1S/C22H24N4O2/c1-15-8-10-17(11-9-15)23-21(27)19-18-7-3-4-13-26(18)20(24-19)22(28)25-12-5-6-16(2)14-25/h3-4,7-11,13,16H,5-6,12,14H2,1-2H3,(H,23,27). The second-order valence-corrected chi connectivity index (χ2v) is 7.56. The van der Waals surface area contributed by atoms with Crippen molar-refractivity contribution < 1.29 is 9.59 Å². The van der Waals surface area contributed by atoms with E-state index in [9.17, 15) is 9.59 Å². The van der Waals surface area contributed by atoms with Crippen molar-refractivity contribution in [1.82, 2.24) is 14.3 Å². The number of amides is 2. The topological polar surface area (TPSA) is 66.7 Å². The maximum Gasteiger partial charge on any atom is 0.290 e. The molecule has 1 aromatic carbocycles. The molecule has 0 radical (unpaired) electrons. The number of benzene rings is 1. The number of anilines is 1. The van der Waals surface area contributed by atoms with E-state index in [0.717, 1.165) is 31.5 Å². The molecule has 0 aliphatic carbocycles. The van der Waals surface area contributed by atoms with Crippen LogP contribution in [0.3, 0.4) is 0 Å². The van der Waals surface area contributed by atoms with Crippen molar-refractivity contribution in [3.05, 3.63) is 65.7 Å². The number of nitrogens with zero attached hydrogens (tertiary/aromatic N) is 3. The van der Waals surface area contributed by atoms with E-state index in [-0.39, 0.29) is 17.5 Å². The zero-order valence-electron chi connectivity index (χ0n) is 16.2. The van der Waals surface area contributed by atoms with Crippen LogP contribution < -0.4 is 5.32 Å². The Morgan fingerprint density at radius 2 is 1.93 bits per heavy atom. The molecule has 3 heterocycles. The first-order valence-corrected chi connectivity index (χ1v) is 9.67. The zero-order valence-corrected chi connectivity index (χ0v) is 16.2. The minimum atomic E-state index is -0.321. The molecule has 1 unspecified atom stereocenters. The predicted octanol–water partition coefficient (Wildman–Crippen LogP) is 3.77. The molecule has 0 spiro atoms. The number of likely N-dealkylation sites (tertiary alicyclic amines) is 1. The molecule has 1 atom stereocenters. The minimum absolute atomic E-state index is 0.123. The van der Waals surface area contributed by atoms with Crippen LogP contribution >= 0.6 is 0 Å². The lowest BCUT2D eigenvalue weighted by atomic mass is 10.0. The third-order valence-electron chi connectivity index (χ3n) is 5.21. The number of aryl methyl sites for hydroxylation is 1. The SMILES string of the molecule is Cc1ccc(NC(=O)c2nc(C(=O)N3CCCC(C)C3)n3ccccc23)cc1. The van der Waals surface area contributed by atoms with Gasteiger partial charge in [-0.3, -0.25) is 14.0 Å². The molecule has 2 aromatic heterocycles. The maximum atomic E-state index is 13.1. The van der Waals surface area contributed by atoms with Crippen LogP contribution in [0.2, 0.25) is 0 Å². The Kier molecular flexibility index (Phi) is 4.86. The summed E-state index contributed by atoms with van der Waals surface area (Å²) < 4.78 is 1.71. The van der Waals surface area contributed by atoms with Gasteiger partial charge in [-0.05, 0) is 49.9 Å². The van der Waals surface area contributed by atoms with Gasteiger partial charge in [-0.15, -0.1) is 0 Å². The summed E-state index contributed by atoms with van der Waals surface area (Å²) in [4.78, 5) is 32.3. The third kappa shape index (κ3) is 3.50. The van der Waals surface area contributed by atoms with Crippen molar-refractivity contribution in [2.24, 2.45) is 5.92 Å². The van der Waals surface area contributed by atoms with Crippen LogP contribution in [0.25, 0.3) is 5.52 Å². The number of rotatable bonds is 3. The quantitative estimate of drug-likeness (QED) is 0.757. The Morgan fingerprint density at radius 1 is 1.14 bits per heavy atom. The molecule has 0 saturated carbocycles. The summed E-state index contributed by atoms with van der Waals surface area (Å²) in [5.41, 5.74) is 2.70. The van der Waals surface area contributed by atoms with Crippen molar-refractivity contribution in [2.75, 3.05) is 18.4 Å². The molecular weight excluding hydrogens is 352 g/mol. The Labute approximate surface area is 164 Å². The highest BCUT2D eigenvalue weighted by molar-refractivity contribution is 6.08. The number of fused-ring (bicyclic) bond motifs is 1. The van der Waals surface area contributed by atoms with Crippen molar-refractivity contribution in [3.63, 3.8) is 0 Å². The van der Waals surface area contributed by atoms with Gasteiger partial charge in [-0.1, -0.05) is 30.7 Å². The van der Waals surface area contributed by atoms with Gasteiger partial charge in [-0.2, -0.15) is 0 Å². The highest BCUT2D eigenvalue weighted by Crippen LogP contribution is 2.21. The van der Waals surface area contributed by atoms with Crippen molar-refractivity contribution in [1.29, 1.82) is 0 Å². The Bertz CT molecular complexity index is 1020. The van der Waals surface area contributed by atoms with E-state index in [2.05, 4.69) is 17.2 Å². The molecule has 2 amide bonds. The van der Waals surface area contributed by atoms with Gasteiger partial charge in [0, 0.05) is 25.0 Å². The first-order valence-electron chi connectivity index (χ1n) is 9.67. The monoisotopic (exact) mass is 376 g/mol. The summed E-state index contributed by atoms with van der Waals surface area (Å²) in [5.74, 6) is 0.327. The highest BCUT2D eigenvalue weighted by atomic mass is 16.2. The minimum Gasteiger partial charge on any atom is -0.336 e. The first-order chi connectivity index (χ1) is 13.5. The largest absolute Gasteiger partial charge is 0.336 e. The van der Waals surface area contributed by atoms with Gasteiger partial charge in [-0.25, -0.2) is 4.98 Å². The molecular formula is C22H24N4O2. The fourth-order valence-corrected chi connectivity index (χ4v) is 3.70. The first kappa shape index (κ1) is 18.2. The van der Waals surface area contributed by atoms with Crippen LogP contribution in [0.1, 0.15) is 46.4 Å². The molecule has 3 aromatic rings. The molecule has 6 nitrogen and oxygen atoms in total. The average molecular weight is 376 g/mol. The summed E-state index contributed by atoms with van der Waals surface area (Å²) in [6.45, 7) is 5.61. The van der Waals surface area contributed by atoms with Gasteiger partial charge in [0.25, 0.3) is 11.8 Å². The van der Waals surface area contributed by atoms with E-state index in [4.69, 9.17) is 0 Å². The normalized spacial score (nSPS) is 16.9. The van der Waals surface area contributed by atoms with Crippen LogP contribution in [0.4, 0.5) is 5.69 Å². The summed E-state index contributed by atoms with van der Waals surface area (Å²) in [6.07, 6.45) is 3.92. The number of hydrogen-bond donors (Lipinski definition) is 1. The van der Waals surface area contributed by atoms with Gasteiger partial charge < -0.3 is 10.2 Å². The number of piperidine rings is 1. The molecule has 1 N–H and O–H groups in total. The molecule has 6 heteroatoms. The summed E-state index contributed by atoms with van der Waals surface area (Å²) in [7, 11) is 0. The lowest BCUT2D eigenvalue weighted by Crippen LogP contribution is -2.39. The van der Waals surface area contributed by atoms with Crippen LogP contribution in [0.5, 0.6) is 0 Å². The number of pyridine rings is 1. The van der Waals surface area contributed by atoms with E-state index < -0.39 is 0 Å². The van der Waals surface area contributed by atoms with Gasteiger partial charge in [0.1, 0.15) is 0 Å². The number of hydrogen-bond acceptors (Lipinski definition) is 3. The lowest BCUT2D eigenvalue weighted by Gasteiger charge is -2.30. The third-order valence-corrected chi connectivity index (χ3v) is 5.21. The fourth-order valence-electron chi connectivity index (χ4n) is 3.70. The van der Waals surface area contributed by atoms with Gasteiger partial charge in [0.05, 0.1) is 5.52 Å². The maximum absolute atomic E-state index is 13.1. The van der Waals surface area contributed by atoms with E-state index in [1.165, 1.54) is 0 Å². The van der Waals surface area contributed by atoms with Gasteiger partial charge in [0.15, 0.2) is 5.69 Å². The molecule has 1 fully saturated rings. The number of carbonyl (C=O) groups excluding carboxylic acids is 2. The highest BCUT2D eigenvalue weighted by Gasteiger charge is 2.27.